The van der Waals surface area contributed by atoms with Gasteiger partial charge in [-0.15, -0.1) is 0 Å². The van der Waals surface area contributed by atoms with E-state index in [2.05, 4.69) is 26.0 Å². The summed E-state index contributed by atoms with van der Waals surface area (Å²) in [5.41, 5.74) is 1.19. The first-order valence-electron chi connectivity index (χ1n) is 14.2. The Bertz CT molecular complexity index is 1490. The van der Waals surface area contributed by atoms with Gasteiger partial charge in [-0.3, -0.25) is 19.2 Å². The summed E-state index contributed by atoms with van der Waals surface area (Å²) in [7, 11) is 1.44. The van der Waals surface area contributed by atoms with Crippen LogP contribution in [0.15, 0.2) is 42.6 Å². The van der Waals surface area contributed by atoms with Crippen LogP contribution in [0.4, 0.5) is 5.69 Å². The minimum absolute atomic E-state index is 0.0635. The van der Waals surface area contributed by atoms with Crippen LogP contribution in [0.25, 0.3) is 5.65 Å². The molecule has 0 spiro atoms. The van der Waals surface area contributed by atoms with E-state index in [0.717, 1.165) is 37.7 Å². The molecule has 12 nitrogen and oxygen atoms in total. The van der Waals surface area contributed by atoms with Gasteiger partial charge in [-0.05, 0) is 61.6 Å². The summed E-state index contributed by atoms with van der Waals surface area (Å²) in [6.45, 7) is 0.554. The summed E-state index contributed by atoms with van der Waals surface area (Å²) < 4.78 is 6.24. The van der Waals surface area contributed by atoms with Crippen molar-refractivity contribution >= 4 is 35.0 Å². The largest absolute Gasteiger partial charge is 0.481 e. The highest BCUT2D eigenvalue weighted by Gasteiger charge is 2.47. The van der Waals surface area contributed by atoms with Gasteiger partial charge in [-0.25, -0.2) is 9.50 Å². The number of nitrogens with zero attached hydrogens (tertiary/aromatic N) is 3. The fourth-order valence-electron chi connectivity index (χ4n) is 6.35. The molecular formula is C30H36N6O6. The van der Waals surface area contributed by atoms with E-state index in [1.54, 1.807) is 24.3 Å². The molecule has 12 heteroatoms. The standard InChI is InChI=1S/C30H36N6O6/c1-42-18-25(37)34-21-6-2-5-20(15-21)17-31-26(38)22-16-23(36-24(35-22)7-14-33-36)27(39)32-19-29-8-3-10-30(13-12-29,28(40)41)11-4-9-29/h2,5-7,14-16H,3-4,8-13,17-19H2,1H3,(H,31,38)(H,32,39)(H,34,37)(H,40,41). The molecule has 0 radical (unpaired) electrons. The van der Waals surface area contributed by atoms with E-state index in [9.17, 15) is 24.3 Å². The molecule has 1 aromatic carbocycles. The van der Waals surface area contributed by atoms with Crippen molar-refractivity contribution in [3.63, 3.8) is 0 Å². The summed E-state index contributed by atoms with van der Waals surface area (Å²) in [5, 5.41) is 22.7. The van der Waals surface area contributed by atoms with Crippen LogP contribution >= 0.6 is 0 Å². The number of carbonyl (C=O) groups excluding carboxylic acids is 3. The lowest BCUT2D eigenvalue weighted by atomic mass is 9.75. The van der Waals surface area contributed by atoms with Gasteiger partial charge >= 0.3 is 5.97 Å². The number of aliphatic carboxylic acids is 1. The van der Waals surface area contributed by atoms with E-state index in [1.807, 2.05) is 6.07 Å². The van der Waals surface area contributed by atoms with Crippen molar-refractivity contribution in [3.8, 4) is 0 Å². The molecule has 3 aromatic rings. The van der Waals surface area contributed by atoms with Gasteiger partial charge in [0.05, 0.1) is 11.6 Å². The third-order valence-corrected chi connectivity index (χ3v) is 8.70. The van der Waals surface area contributed by atoms with Crippen molar-refractivity contribution in [2.75, 3.05) is 25.6 Å². The molecule has 2 saturated carbocycles. The van der Waals surface area contributed by atoms with Crippen LogP contribution in [0, 0.1) is 10.8 Å². The topological polar surface area (TPSA) is 164 Å². The van der Waals surface area contributed by atoms with Crippen LogP contribution in [-0.4, -0.2) is 63.7 Å². The Morgan fingerprint density at radius 2 is 1.76 bits per heavy atom. The minimum Gasteiger partial charge on any atom is -0.481 e. The number of rotatable bonds is 10. The van der Waals surface area contributed by atoms with Crippen molar-refractivity contribution < 1.29 is 29.0 Å². The van der Waals surface area contributed by atoms with Gasteiger partial charge in [0.15, 0.2) is 5.65 Å². The molecule has 0 atom stereocenters. The maximum atomic E-state index is 13.5. The Morgan fingerprint density at radius 3 is 2.50 bits per heavy atom. The van der Waals surface area contributed by atoms with Crippen molar-refractivity contribution in [2.24, 2.45) is 10.8 Å². The van der Waals surface area contributed by atoms with E-state index in [-0.39, 0.29) is 41.8 Å². The Kier molecular flexibility index (Phi) is 8.53. The third kappa shape index (κ3) is 6.28. The van der Waals surface area contributed by atoms with Crippen LogP contribution in [0.5, 0.6) is 0 Å². The van der Waals surface area contributed by atoms with Gasteiger partial charge in [-0.2, -0.15) is 5.10 Å². The van der Waals surface area contributed by atoms with Crippen LogP contribution in [0.1, 0.15) is 77.9 Å². The van der Waals surface area contributed by atoms with Gasteiger partial charge in [0.2, 0.25) is 5.91 Å². The highest BCUT2D eigenvalue weighted by atomic mass is 16.5. The molecule has 2 heterocycles. The molecule has 2 aliphatic carbocycles. The van der Waals surface area contributed by atoms with E-state index in [4.69, 9.17) is 4.74 Å². The fourth-order valence-corrected chi connectivity index (χ4v) is 6.35. The zero-order valence-corrected chi connectivity index (χ0v) is 23.6. The summed E-state index contributed by atoms with van der Waals surface area (Å²) in [6.07, 6.45) is 7.68. The van der Waals surface area contributed by atoms with Gasteiger partial charge < -0.3 is 25.8 Å². The minimum atomic E-state index is -0.700. The van der Waals surface area contributed by atoms with Gasteiger partial charge in [0, 0.05) is 38.0 Å². The number of carboxylic acids is 1. The lowest BCUT2D eigenvalue weighted by Crippen LogP contribution is -2.38. The van der Waals surface area contributed by atoms with Gasteiger partial charge in [0.1, 0.15) is 18.0 Å². The highest BCUT2D eigenvalue weighted by Crippen LogP contribution is 2.51. The maximum Gasteiger partial charge on any atom is 0.309 e. The van der Waals surface area contributed by atoms with E-state index in [0.29, 0.717) is 37.1 Å². The van der Waals surface area contributed by atoms with Crippen LogP contribution in [0.3, 0.4) is 0 Å². The van der Waals surface area contributed by atoms with Crippen LogP contribution in [-0.2, 0) is 20.9 Å². The van der Waals surface area contributed by atoms with Crippen LogP contribution < -0.4 is 16.0 Å². The summed E-state index contributed by atoms with van der Waals surface area (Å²) in [6, 6.07) is 10.1. The second-order valence-corrected chi connectivity index (χ2v) is 11.5. The number of hydrogen-bond acceptors (Lipinski definition) is 7. The fraction of sp³-hybridized carbons (Fsp3) is 0.467. The molecule has 2 fully saturated rings. The smallest absolute Gasteiger partial charge is 0.309 e. The molecular weight excluding hydrogens is 540 g/mol. The van der Waals surface area contributed by atoms with E-state index < -0.39 is 17.3 Å². The average Bonchev–Trinajstić information content (AvgIpc) is 3.26. The number of anilines is 1. The number of carboxylic acid groups (broad SMARTS) is 1. The molecule has 222 valence electrons. The predicted molar refractivity (Wildman–Crippen MR) is 153 cm³/mol. The maximum absolute atomic E-state index is 13.5. The number of carbonyl (C=O) groups is 4. The first-order chi connectivity index (χ1) is 20.2. The summed E-state index contributed by atoms with van der Waals surface area (Å²) >= 11 is 0. The lowest BCUT2D eigenvalue weighted by molar-refractivity contribution is -0.150. The summed E-state index contributed by atoms with van der Waals surface area (Å²) in [5.74, 6) is -1.81. The SMILES string of the molecule is COCC(=O)Nc1cccc(CNC(=O)c2cc(C(=O)NCC34CCCC(C(=O)O)(CCC3)CC4)n3nccc3n2)c1. The number of nitrogens with one attached hydrogen (secondary N) is 3. The Morgan fingerprint density at radius 1 is 0.976 bits per heavy atom. The highest BCUT2D eigenvalue weighted by molar-refractivity contribution is 5.98. The normalized spacial score (nSPS) is 21.7. The monoisotopic (exact) mass is 576 g/mol. The van der Waals surface area contributed by atoms with Crippen molar-refractivity contribution in [1.29, 1.82) is 0 Å². The quantitative estimate of drug-likeness (QED) is 0.286. The molecule has 5 rings (SSSR count). The number of ether oxygens (including phenoxy) is 1. The molecule has 42 heavy (non-hydrogen) atoms. The molecule has 0 aliphatic heterocycles. The van der Waals surface area contributed by atoms with Crippen molar-refractivity contribution in [2.45, 2.75) is 57.9 Å². The Labute approximate surface area is 243 Å². The number of methoxy groups -OCH3 is 1. The van der Waals surface area contributed by atoms with E-state index in [1.165, 1.54) is 23.9 Å². The molecule has 2 bridgehead atoms. The molecule has 4 N–H and O–H groups in total. The Hall–Kier alpha value is -4.32. The zero-order valence-electron chi connectivity index (χ0n) is 23.6. The van der Waals surface area contributed by atoms with Gasteiger partial charge in [-0.1, -0.05) is 25.0 Å². The second-order valence-electron chi connectivity index (χ2n) is 11.5. The summed E-state index contributed by atoms with van der Waals surface area (Å²) in [4.78, 5) is 54.8. The Balaban J connectivity index is 1.27. The zero-order chi connectivity index (χ0) is 29.7. The molecule has 0 saturated heterocycles. The first-order valence-corrected chi connectivity index (χ1v) is 14.2. The van der Waals surface area contributed by atoms with Crippen molar-refractivity contribution in [1.82, 2.24) is 25.2 Å². The molecule has 0 unspecified atom stereocenters. The third-order valence-electron chi connectivity index (χ3n) is 8.70. The lowest BCUT2D eigenvalue weighted by Gasteiger charge is -2.32. The molecule has 2 aromatic heterocycles. The second kappa shape index (κ2) is 12.3. The van der Waals surface area contributed by atoms with E-state index >= 15 is 0 Å². The first kappa shape index (κ1) is 29.2. The van der Waals surface area contributed by atoms with Gasteiger partial charge in [0.25, 0.3) is 11.8 Å². The number of aromatic nitrogens is 3. The predicted octanol–water partition coefficient (Wildman–Crippen LogP) is 3.18. The van der Waals surface area contributed by atoms with Crippen LogP contribution in [0.2, 0.25) is 0 Å². The molecule has 2 aliphatic rings. The number of benzene rings is 1. The van der Waals surface area contributed by atoms with Crippen molar-refractivity contribution in [3.05, 3.63) is 59.5 Å². The number of amides is 3. The number of fused-ring (bicyclic) bond motifs is 4. The molecule has 3 amide bonds. The average molecular weight is 577 g/mol. The number of hydrogen-bond donors (Lipinski definition) is 4.